The lowest BCUT2D eigenvalue weighted by molar-refractivity contribution is -0.144. The lowest BCUT2D eigenvalue weighted by Crippen LogP contribution is -2.45. The third-order valence-corrected chi connectivity index (χ3v) is 23.6. The van der Waals surface area contributed by atoms with Gasteiger partial charge in [0, 0.05) is 86.8 Å². The lowest BCUT2D eigenvalue weighted by Gasteiger charge is -2.29. The Morgan fingerprint density at radius 1 is 0.408 bits per heavy atom. The van der Waals surface area contributed by atoms with Crippen molar-refractivity contribution in [3.05, 3.63) is 247 Å². The molecule has 0 bridgehead atoms. The van der Waals surface area contributed by atoms with Crippen LogP contribution in [0.15, 0.2) is 225 Å². The molecule has 26 nitrogen and oxygen atoms in total. The van der Waals surface area contributed by atoms with Crippen LogP contribution < -0.4 is 57.0 Å². The van der Waals surface area contributed by atoms with Gasteiger partial charge in [-0.25, -0.2) is 0 Å². The largest absolute Gasteiger partial charge is 0.497 e. The zero-order valence-corrected chi connectivity index (χ0v) is 74.7. The van der Waals surface area contributed by atoms with Crippen LogP contribution >= 0.6 is 0 Å². The summed E-state index contributed by atoms with van der Waals surface area (Å²) in [5.41, 5.74) is 4.70. The van der Waals surface area contributed by atoms with E-state index in [-0.39, 0.29) is 79.5 Å². The van der Waals surface area contributed by atoms with Crippen molar-refractivity contribution >= 4 is 35.5 Å². The summed E-state index contributed by atoms with van der Waals surface area (Å²) in [6.07, 6.45) is 8.06. The van der Waals surface area contributed by atoms with Gasteiger partial charge in [0.2, 0.25) is 18.4 Å². The number of likely N-dealkylation sites (N-methyl/N-ethyl adjacent to an activating group) is 3. The molecule has 0 aliphatic carbocycles. The molecule has 5 aliphatic rings. The standard InChI is InChI=1S/C33H39N3O8.3C15H21NO3.3C7H8O/c1-4-5-14-36(23-9-8-13-34-18-23)30(37)20-35-19-24(22-16-28(41-3)32-29(17-22)43-21-44-32)31(33(38)39)25(35)12-15-42-27-11-7-6-10-26(27)40-2;3*1-4-13-14(15(17)18)12(9-16(13)2)10-5-7-11(19-3)8-6-10;3*1-8-7-5-3-2-4-6-7/h6-11,13,16-18,24-25,31H,4-5,12,14-15,19-21H2,1-3H3,(H,38,39);3*5-8,12-14H,4,9H2,1-3H3,(H,17,18);3*2-6H,1H3/t24-,25+,31-;3*12-,13+,14-;;;/m1111.../s1. The first kappa shape index (κ1) is 98.3. The quantitative estimate of drug-likeness (QED) is 0.0339. The Hall–Kier alpha value is -12.1. The molecule has 9 aromatic rings. The molecule has 0 radical (unpaired) electrons. The maximum absolute atomic E-state index is 13.9. The fourth-order valence-corrected chi connectivity index (χ4v) is 17.2. The molecule has 1 aromatic heterocycles. The molecular formula is C99H126N6O20. The van der Waals surface area contributed by atoms with E-state index in [4.69, 9.17) is 52.1 Å². The summed E-state index contributed by atoms with van der Waals surface area (Å²) in [4.78, 5) is 76.0. The zero-order valence-electron chi connectivity index (χ0n) is 74.7. The van der Waals surface area contributed by atoms with E-state index in [1.807, 2.05) is 253 Å². The maximum atomic E-state index is 13.9. The second kappa shape index (κ2) is 50.6. The Labute approximate surface area is 736 Å². The molecule has 0 saturated carbocycles. The minimum Gasteiger partial charge on any atom is -0.497 e. The van der Waals surface area contributed by atoms with E-state index in [1.54, 1.807) is 73.1 Å². The number of para-hydroxylation sites is 5. The predicted octanol–water partition coefficient (Wildman–Crippen LogP) is 16.3. The molecule has 1 amide bonds. The van der Waals surface area contributed by atoms with Crippen molar-refractivity contribution in [3.63, 3.8) is 0 Å². The number of rotatable bonds is 29. The number of carbonyl (C=O) groups is 5. The van der Waals surface area contributed by atoms with Crippen LogP contribution in [-0.2, 0) is 24.0 Å². The smallest absolute Gasteiger partial charge is 0.308 e. The number of unbranched alkanes of at least 4 members (excludes halogenated alkanes) is 1. The van der Waals surface area contributed by atoms with Crippen molar-refractivity contribution in [1.82, 2.24) is 24.6 Å². The number of amides is 1. The highest BCUT2D eigenvalue weighted by atomic mass is 16.7. The van der Waals surface area contributed by atoms with Crippen LogP contribution in [0, 0.1) is 23.7 Å². The van der Waals surface area contributed by atoms with Crippen molar-refractivity contribution < 1.29 is 96.5 Å². The van der Waals surface area contributed by atoms with Crippen LogP contribution in [0.2, 0.25) is 0 Å². The number of ether oxygens (including phenoxy) is 11. The number of anilines is 1. The van der Waals surface area contributed by atoms with Gasteiger partial charge >= 0.3 is 23.9 Å². The Kier molecular flexibility index (Phi) is 39.8. The first-order valence-corrected chi connectivity index (χ1v) is 42.4. The van der Waals surface area contributed by atoms with Crippen molar-refractivity contribution in [2.75, 3.05) is 136 Å². The van der Waals surface area contributed by atoms with Gasteiger partial charge in [-0.2, -0.15) is 0 Å². The van der Waals surface area contributed by atoms with Crippen molar-refractivity contribution in [2.45, 2.75) is 114 Å². The summed E-state index contributed by atoms with van der Waals surface area (Å²) in [7, 11) is 19.0. The number of aromatic nitrogens is 1. The predicted molar refractivity (Wildman–Crippen MR) is 483 cm³/mol. The number of benzene rings is 8. The maximum Gasteiger partial charge on any atom is 0.308 e. The van der Waals surface area contributed by atoms with E-state index in [0.717, 1.165) is 108 Å². The number of carbonyl (C=O) groups excluding carboxylic acids is 1. The first-order valence-electron chi connectivity index (χ1n) is 42.4. The average Bonchev–Trinajstić information content (AvgIpc) is 1.60. The van der Waals surface area contributed by atoms with Gasteiger partial charge in [-0.3, -0.25) is 33.9 Å². The van der Waals surface area contributed by atoms with E-state index in [0.29, 0.717) is 53.9 Å². The van der Waals surface area contributed by atoms with E-state index >= 15 is 0 Å². The van der Waals surface area contributed by atoms with Crippen LogP contribution in [-0.4, -0.2) is 230 Å². The van der Waals surface area contributed by atoms with Gasteiger partial charge in [0.25, 0.3) is 0 Å². The highest BCUT2D eigenvalue weighted by molar-refractivity contribution is 5.95. The highest BCUT2D eigenvalue weighted by Crippen LogP contribution is 2.48. The number of likely N-dealkylation sites (tertiary alicyclic amines) is 4. The Bertz CT molecular complexity index is 4400. The summed E-state index contributed by atoms with van der Waals surface area (Å²) in [5, 5.41) is 39.2. The van der Waals surface area contributed by atoms with Crippen LogP contribution in [0.4, 0.5) is 5.69 Å². The number of aliphatic carboxylic acids is 4. The molecule has 26 heteroatoms. The molecule has 125 heavy (non-hydrogen) atoms. The fourth-order valence-electron chi connectivity index (χ4n) is 17.2. The highest BCUT2D eigenvalue weighted by Gasteiger charge is 2.50. The van der Waals surface area contributed by atoms with Crippen LogP contribution in [0.3, 0.4) is 0 Å². The SMILES string of the molecule is CCCCN(C(=O)CN1C[C@H](c2cc(OC)c3c(c2)OCO3)[C@@H](C(=O)O)[C@@H]1CCOc1ccccc1OC)c1cccnc1.CC[C@H]1[C@H](C(=O)O)[C@@H](c2ccc(OC)cc2)CN1C.CC[C@H]1[C@H](C(=O)O)[C@@H](c2ccc(OC)cc2)CN1C.CC[C@H]1[C@H](C(=O)O)[C@@H](c2ccc(OC)cc2)CN1C.COc1ccccc1.COc1ccccc1.COc1ccccc1. The molecule has 0 spiro atoms. The second-order valence-corrected chi connectivity index (χ2v) is 30.9. The number of nitrogens with zero attached hydrogens (tertiary/aromatic N) is 6. The number of hydrogen-bond donors (Lipinski definition) is 4. The molecule has 12 atom stereocenters. The van der Waals surface area contributed by atoms with Gasteiger partial charge in [0.1, 0.15) is 34.5 Å². The summed E-state index contributed by atoms with van der Waals surface area (Å²) < 4.78 is 58.4. The number of methoxy groups -OCH3 is 8. The zero-order chi connectivity index (χ0) is 90.5. The normalized spacial score (nSPS) is 20.9. The molecule has 4 saturated heterocycles. The second-order valence-electron chi connectivity index (χ2n) is 30.9. The van der Waals surface area contributed by atoms with E-state index in [2.05, 4.69) is 26.6 Å². The summed E-state index contributed by atoms with van der Waals surface area (Å²) in [6.45, 7) is 11.8. The third-order valence-electron chi connectivity index (χ3n) is 23.6. The Morgan fingerprint density at radius 3 is 1.12 bits per heavy atom. The number of carboxylic acids is 4. The molecule has 4 fully saturated rings. The summed E-state index contributed by atoms with van der Waals surface area (Å²) >= 11 is 0. The van der Waals surface area contributed by atoms with Gasteiger partial charge in [-0.05, 0) is 185 Å². The number of hydrogen-bond acceptors (Lipinski definition) is 21. The average molecular weight is 1720 g/mol. The van der Waals surface area contributed by atoms with E-state index < -0.39 is 41.8 Å². The molecule has 672 valence electrons. The van der Waals surface area contributed by atoms with Crippen molar-refractivity contribution in [2.24, 2.45) is 23.7 Å². The van der Waals surface area contributed by atoms with Gasteiger partial charge < -0.3 is 92.1 Å². The molecule has 0 unspecified atom stereocenters. The van der Waals surface area contributed by atoms with Crippen LogP contribution in [0.25, 0.3) is 0 Å². The van der Waals surface area contributed by atoms with Crippen molar-refractivity contribution in [1.29, 1.82) is 0 Å². The summed E-state index contributed by atoms with van der Waals surface area (Å²) in [5.74, 6) is 2.53. The fraction of sp³-hybridized carbons (Fsp3) is 0.414. The summed E-state index contributed by atoms with van der Waals surface area (Å²) in [6, 6.07) is 66.8. The number of carboxylic acid groups (broad SMARTS) is 4. The Balaban J connectivity index is 0.000000200. The van der Waals surface area contributed by atoms with E-state index in [1.165, 1.54) is 7.11 Å². The third kappa shape index (κ3) is 27.2. The van der Waals surface area contributed by atoms with Crippen LogP contribution in [0.5, 0.6) is 63.2 Å². The number of fused-ring (bicyclic) bond motifs is 1. The molecular weight excluding hydrogens is 1590 g/mol. The minimum absolute atomic E-state index is 0.0416. The van der Waals surface area contributed by atoms with Gasteiger partial charge in [-0.1, -0.05) is 137 Å². The molecule has 5 aliphatic heterocycles. The molecule has 14 rings (SSSR count). The monoisotopic (exact) mass is 1720 g/mol. The molecule has 4 N–H and O–H groups in total. The first-order chi connectivity index (χ1) is 60.5. The number of pyridine rings is 1. The van der Waals surface area contributed by atoms with E-state index in [9.17, 15) is 44.4 Å². The van der Waals surface area contributed by atoms with Crippen molar-refractivity contribution in [3.8, 4) is 63.2 Å². The minimum atomic E-state index is -0.945. The molecule has 6 heterocycles. The Morgan fingerprint density at radius 2 is 0.776 bits per heavy atom. The lowest BCUT2D eigenvalue weighted by atomic mass is 9.84. The molecule has 8 aromatic carbocycles. The van der Waals surface area contributed by atoms with Gasteiger partial charge in [0.05, 0.1) is 106 Å². The van der Waals surface area contributed by atoms with Gasteiger partial charge in [-0.15, -0.1) is 0 Å². The van der Waals surface area contributed by atoms with Crippen LogP contribution in [0.1, 0.15) is 112 Å². The topological polar surface area (TPSA) is 297 Å². The van der Waals surface area contributed by atoms with Gasteiger partial charge in [0.15, 0.2) is 23.0 Å².